The van der Waals surface area contributed by atoms with Crippen molar-refractivity contribution in [3.63, 3.8) is 0 Å². The Morgan fingerprint density at radius 3 is 1.29 bits per heavy atom. The van der Waals surface area contributed by atoms with Crippen LogP contribution in [-0.4, -0.2) is 62.7 Å². The van der Waals surface area contributed by atoms with E-state index in [0.717, 1.165) is 33.6 Å². The maximum Gasteiger partial charge on any atom is 0.261 e. The zero-order valence-corrected chi connectivity index (χ0v) is 41.6. The van der Waals surface area contributed by atoms with E-state index in [2.05, 4.69) is 215 Å². The first kappa shape index (κ1) is 49.3. The zero-order valence-electron chi connectivity index (χ0n) is 39.8. The van der Waals surface area contributed by atoms with E-state index in [4.69, 9.17) is 28.1 Å². The van der Waals surface area contributed by atoms with Gasteiger partial charge in [-0.1, -0.05) is 233 Å². The summed E-state index contributed by atoms with van der Waals surface area (Å²) >= 11 is 0. The molecule has 7 aromatic carbocycles. The Morgan fingerprint density at radius 2 is 0.853 bits per heavy atom. The Labute approximate surface area is 409 Å². The van der Waals surface area contributed by atoms with Gasteiger partial charge in [-0.2, -0.15) is 0 Å². The van der Waals surface area contributed by atoms with E-state index in [9.17, 15) is 0 Å². The van der Waals surface area contributed by atoms with E-state index >= 15 is 0 Å². The predicted octanol–water partition coefficient (Wildman–Crippen LogP) is 11.1. The van der Waals surface area contributed by atoms with Gasteiger partial charge in [0, 0.05) is 10.9 Å². The van der Waals surface area contributed by atoms with Crippen LogP contribution in [0.1, 0.15) is 48.6 Å². The van der Waals surface area contributed by atoms with Crippen LogP contribution in [-0.2, 0) is 72.0 Å². The minimum atomic E-state index is -2.95. The SMILES string of the molecule is CC(C)(C)[Si](OC[C@@H]1[C@@H](OCc2ccccc2)[C@H](OCc2ccccc2)C[S+]1C[C@@H](OCc1ccccc1)[C@H](COCc1ccccc1)OCc1ccccc1)(c1ccccc1)c1ccccc1. The first-order valence-electron chi connectivity index (χ1n) is 24.0. The molecule has 8 rings (SSSR count). The van der Waals surface area contributed by atoms with E-state index in [0.29, 0.717) is 52.0 Å². The summed E-state index contributed by atoms with van der Waals surface area (Å²) in [5.74, 6) is 1.51. The summed E-state index contributed by atoms with van der Waals surface area (Å²) in [6.07, 6.45) is -1.14. The average Bonchev–Trinajstić information content (AvgIpc) is 3.71. The lowest BCUT2D eigenvalue weighted by atomic mass is 10.1. The topological polar surface area (TPSA) is 55.4 Å². The highest BCUT2D eigenvalue weighted by Crippen LogP contribution is 2.39. The molecule has 0 radical (unpaired) electrons. The second-order valence-electron chi connectivity index (χ2n) is 18.7. The number of hydrogen-bond acceptors (Lipinski definition) is 6. The fourth-order valence-corrected chi connectivity index (χ4v) is 16.9. The van der Waals surface area contributed by atoms with Crippen molar-refractivity contribution in [1.29, 1.82) is 0 Å². The molecule has 1 unspecified atom stereocenters. The fraction of sp³-hybridized carbons (Fsp3) is 0.300. The van der Waals surface area contributed by atoms with Crippen molar-refractivity contribution in [3.05, 3.63) is 240 Å². The highest BCUT2D eigenvalue weighted by molar-refractivity contribution is 7.97. The van der Waals surface area contributed by atoms with Crippen LogP contribution in [0.3, 0.4) is 0 Å². The molecule has 8 heteroatoms. The van der Waals surface area contributed by atoms with E-state index in [-0.39, 0.29) is 45.6 Å². The number of ether oxygens (including phenoxy) is 5. The molecule has 1 aliphatic rings. The molecule has 6 atom stereocenters. The van der Waals surface area contributed by atoms with Gasteiger partial charge in [-0.05, 0) is 43.2 Å². The van der Waals surface area contributed by atoms with Crippen molar-refractivity contribution in [2.45, 2.75) is 88.5 Å². The summed E-state index contributed by atoms with van der Waals surface area (Å²) in [6, 6.07) is 74.0. The van der Waals surface area contributed by atoms with Crippen LogP contribution in [0.4, 0.5) is 0 Å². The lowest BCUT2D eigenvalue weighted by molar-refractivity contribution is -0.108. The summed E-state index contributed by atoms with van der Waals surface area (Å²) < 4.78 is 42.8. The maximum atomic E-state index is 7.88. The molecule has 0 N–H and O–H groups in total. The van der Waals surface area contributed by atoms with Crippen molar-refractivity contribution in [2.24, 2.45) is 0 Å². The van der Waals surface area contributed by atoms with E-state index < -0.39 is 8.32 Å². The molecule has 68 heavy (non-hydrogen) atoms. The summed E-state index contributed by atoms with van der Waals surface area (Å²) in [5.41, 5.74) is 5.59. The molecular formula is C60H67O6SSi+. The van der Waals surface area contributed by atoms with Crippen LogP contribution in [0, 0.1) is 0 Å². The van der Waals surface area contributed by atoms with E-state index in [1.54, 1.807) is 0 Å². The Hall–Kier alpha value is -5.13. The Bertz CT molecular complexity index is 2420. The highest BCUT2D eigenvalue weighted by atomic mass is 32.2. The largest absolute Gasteiger partial charge is 0.402 e. The van der Waals surface area contributed by atoms with Crippen LogP contribution in [0.25, 0.3) is 0 Å². The standard InChI is InChI=1S/C60H67O6SSi/c1-60(2,3)68(53-35-21-9-22-36-53,54-37-23-10-24-38-54)66-45-58-59(65-43-52-33-19-8-20-34-52)57(64-42-51-31-17-7-18-32-51)47-67(58)46-56(63-41-50-29-15-6-16-30-50)55(62-40-49-27-13-5-14-28-49)44-61-39-48-25-11-4-12-26-48/h4-38,55-59H,39-47H2,1-3H3/q+1/t55-,56+,57+,58+,59-,67?/m0/s1. The molecule has 1 heterocycles. The van der Waals surface area contributed by atoms with Crippen molar-refractivity contribution < 1.29 is 28.1 Å². The normalized spacial score (nSPS) is 18.3. The Morgan fingerprint density at radius 1 is 0.471 bits per heavy atom. The monoisotopic (exact) mass is 943 g/mol. The molecule has 1 aliphatic heterocycles. The first-order valence-corrected chi connectivity index (χ1v) is 27.5. The van der Waals surface area contributed by atoms with Gasteiger partial charge in [0.05, 0.1) is 46.2 Å². The Balaban J connectivity index is 1.18. The van der Waals surface area contributed by atoms with Crippen molar-refractivity contribution in [3.8, 4) is 0 Å². The summed E-state index contributed by atoms with van der Waals surface area (Å²) in [5, 5.41) is 2.28. The van der Waals surface area contributed by atoms with Gasteiger partial charge in [0.2, 0.25) is 0 Å². The second kappa shape index (κ2) is 24.9. The van der Waals surface area contributed by atoms with Gasteiger partial charge in [-0.3, -0.25) is 0 Å². The second-order valence-corrected chi connectivity index (χ2v) is 25.3. The minimum absolute atomic E-state index is 0.0241. The third-order valence-corrected chi connectivity index (χ3v) is 20.6. The fourth-order valence-electron chi connectivity index (χ4n) is 9.27. The molecule has 0 aromatic heterocycles. The number of benzene rings is 7. The molecule has 0 saturated carbocycles. The molecule has 6 nitrogen and oxygen atoms in total. The van der Waals surface area contributed by atoms with Crippen molar-refractivity contribution in [1.82, 2.24) is 0 Å². The summed E-state index contributed by atoms with van der Waals surface area (Å²) in [7, 11) is -3.27. The molecular weight excluding hydrogens is 877 g/mol. The van der Waals surface area contributed by atoms with E-state index in [1.807, 2.05) is 18.2 Å². The van der Waals surface area contributed by atoms with Crippen LogP contribution in [0.15, 0.2) is 212 Å². The predicted molar refractivity (Wildman–Crippen MR) is 281 cm³/mol. The van der Waals surface area contributed by atoms with Crippen LogP contribution >= 0.6 is 0 Å². The molecule has 1 fully saturated rings. The van der Waals surface area contributed by atoms with Gasteiger partial charge < -0.3 is 28.1 Å². The number of hydrogen-bond donors (Lipinski definition) is 0. The van der Waals surface area contributed by atoms with Crippen LogP contribution in [0.2, 0.25) is 5.04 Å². The van der Waals surface area contributed by atoms with E-state index in [1.165, 1.54) is 10.4 Å². The van der Waals surface area contributed by atoms with Crippen LogP contribution in [0.5, 0.6) is 0 Å². The lowest BCUT2D eigenvalue weighted by Gasteiger charge is -2.43. The molecule has 0 amide bonds. The average molecular weight is 944 g/mol. The summed E-state index contributed by atoms with van der Waals surface area (Å²) in [6.45, 7) is 10.2. The van der Waals surface area contributed by atoms with Gasteiger partial charge in [0.15, 0.2) is 5.25 Å². The maximum absolute atomic E-state index is 7.88. The Kier molecular flexibility index (Phi) is 18.1. The van der Waals surface area contributed by atoms with Gasteiger partial charge in [0.1, 0.15) is 35.9 Å². The third-order valence-electron chi connectivity index (χ3n) is 12.8. The first-order chi connectivity index (χ1) is 33.4. The molecule has 0 bridgehead atoms. The molecule has 1 saturated heterocycles. The third kappa shape index (κ3) is 13.3. The molecule has 0 spiro atoms. The molecule has 352 valence electrons. The smallest absolute Gasteiger partial charge is 0.261 e. The van der Waals surface area contributed by atoms with Crippen molar-refractivity contribution >= 4 is 29.6 Å². The van der Waals surface area contributed by atoms with Crippen LogP contribution < -0.4 is 10.4 Å². The number of rotatable bonds is 24. The molecule has 0 aliphatic carbocycles. The minimum Gasteiger partial charge on any atom is -0.402 e. The van der Waals surface area contributed by atoms with Gasteiger partial charge in [-0.15, -0.1) is 0 Å². The molecule has 7 aromatic rings. The van der Waals surface area contributed by atoms with Gasteiger partial charge in [-0.25, -0.2) is 0 Å². The summed E-state index contributed by atoms with van der Waals surface area (Å²) in [4.78, 5) is 0. The van der Waals surface area contributed by atoms with Gasteiger partial charge in [0.25, 0.3) is 8.32 Å². The van der Waals surface area contributed by atoms with Crippen molar-refractivity contribution in [2.75, 3.05) is 24.7 Å². The van der Waals surface area contributed by atoms with Gasteiger partial charge >= 0.3 is 0 Å². The highest BCUT2D eigenvalue weighted by Gasteiger charge is 2.57. The zero-order chi connectivity index (χ0) is 46.9. The lowest BCUT2D eigenvalue weighted by Crippen LogP contribution is -2.67. The quantitative estimate of drug-likeness (QED) is 0.0444.